The van der Waals surface area contributed by atoms with Crippen LogP contribution in [0.15, 0.2) is 48.8 Å². The molecule has 0 aliphatic carbocycles. The first-order chi connectivity index (χ1) is 14.1. The molecule has 0 unspecified atom stereocenters. The third-order valence-corrected chi connectivity index (χ3v) is 5.20. The normalized spacial score (nSPS) is 15.0. The van der Waals surface area contributed by atoms with Crippen LogP contribution in [0.25, 0.3) is 11.8 Å². The fraction of sp³-hybridized carbons (Fsp3) is 0.409. The molecule has 1 aliphatic rings. The third-order valence-electron chi connectivity index (χ3n) is 5.20. The van der Waals surface area contributed by atoms with E-state index in [0.29, 0.717) is 19.6 Å². The summed E-state index contributed by atoms with van der Waals surface area (Å²) in [6, 6.07) is 9.86. The van der Waals surface area contributed by atoms with E-state index in [1.54, 1.807) is 23.0 Å². The first kappa shape index (κ1) is 20.8. The Hall–Kier alpha value is -2.93. The van der Waals surface area contributed by atoms with Crippen LogP contribution in [0.1, 0.15) is 19.4 Å². The van der Waals surface area contributed by atoms with E-state index in [1.165, 1.54) is 0 Å². The van der Waals surface area contributed by atoms with E-state index in [2.05, 4.69) is 10.00 Å². The first-order valence-corrected chi connectivity index (χ1v) is 10.2. The lowest BCUT2D eigenvalue weighted by Gasteiger charge is -2.34. The van der Waals surface area contributed by atoms with Crippen molar-refractivity contribution in [2.24, 2.45) is 0 Å². The standard InChI is InChI=1S/C22H29N5O2/c1-3-25(4-2)22(29)18-24-12-14-26(15-13-24)21(28)11-10-19-16-23-27(17-19)20-8-6-5-7-9-20/h5-11,16-17H,3-4,12-15,18H2,1-2H3/b11-10+. The van der Waals surface area contributed by atoms with E-state index in [1.807, 2.05) is 60.2 Å². The van der Waals surface area contributed by atoms with Crippen LogP contribution in [0, 0.1) is 0 Å². The fourth-order valence-corrected chi connectivity index (χ4v) is 3.41. The van der Waals surface area contributed by atoms with Crippen LogP contribution in [0.4, 0.5) is 0 Å². The molecule has 0 saturated carbocycles. The molecule has 0 radical (unpaired) electrons. The number of hydrogen-bond acceptors (Lipinski definition) is 4. The summed E-state index contributed by atoms with van der Waals surface area (Å²) >= 11 is 0. The lowest BCUT2D eigenvalue weighted by molar-refractivity contribution is -0.133. The van der Waals surface area contributed by atoms with E-state index >= 15 is 0 Å². The molecular formula is C22H29N5O2. The molecule has 0 bridgehead atoms. The van der Waals surface area contributed by atoms with Gasteiger partial charge in [-0.3, -0.25) is 14.5 Å². The predicted octanol–water partition coefficient (Wildman–Crippen LogP) is 1.90. The van der Waals surface area contributed by atoms with Gasteiger partial charge in [0, 0.05) is 57.1 Å². The van der Waals surface area contributed by atoms with Gasteiger partial charge in [0.15, 0.2) is 0 Å². The van der Waals surface area contributed by atoms with Crippen molar-refractivity contribution in [3.8, 4) is 5.69 Å². The van der Waals surface area contributed by atoms with Crippen molar-refractivity contribution in [3.63, 3.8) is 0 Å². The van der Waals surface area contributed by atoms with Crippen molar-refractivity contribution in [3.05, 3.63) is 54.4 Å². The van der Waals surface area contributed by atoms with Crippen LogP contribution in [0.3, 0.4) is 0 Å². The van der Waals surface area contributed by atoms with Crippen LogP contribution in [0.5, 0.6) is 0 Å². The summed E-state index contributed by atoms with van der Waals surface area (Å²) in [5, 5.41) is 4.34. The molecule has 0 spiro atoms. The van der Waals surface area contributed by atoms with E-state index < -0.39 is 0 Å². The molecule has 2 amide bonds. The van der Waals surface area contributed by atoms with Crippen LogP contribution >= 0.6 is 0 Å². The summed E-state index contributed by atoms with van der Waals surface area (Å²) in [6.45, 7) is 8.60. The van der Waals surface area contributed by atoms with E-state index in [9.17, 15) is 9.59 Å². The average molecular weight is 396 g/mol. The highest BCUT2D eigenvalue weighted by molar-refractivity contribution is 5.91. The molecule has 1 fully saturated rings. The number of aromatic nitrogens is 2. The molecule has 7 nitrogen and oxygen atoms in total. The lowest BCUT2D eigenvalue weighted by atomic mass is 10.2. The maximum absolute atomic E-state index is 12.5. The molecule has 1 aromatic carbocycles. The summed E-state index contributed by atoms with van der Waals surface area (Å²) < 4.78 is 1.79. The van der Waals surface area contributed by atoms with Crippen molar-refractivity contribution in [2.45, 2.75) is 13.8 Å². The topological polar surface area (TPSA) is 61.7 Å². The van der Waals surface area contributed by atoms with Crippen LogP contribution < -0.4 is 0 Å². The van der Waals surface area contributed by atoms with E-state index in [4.69, 9.17) is 0 Å². The zero-order chi connectivity index (χ0) is 20.6. The highest BCUT2D eigenvalue weighted by Gasteiger charge is 2.22. The molecule has 7 heteroatoms. The number of likely N-dealkylation sites (N-methyl/N-ethyl adjacent to an activating group) is 1. The molecule has 2 heterocycles. The zero-order valence-corrected chi connectivity index (χ0v) is 17.2. The number of para-hydroxylation sites is 1. The first-order valence-electron chi connectivity index (χ1n) is 10.2. The summed E-state index contributed by atoms with van der Waals surface area (Å²) in [4.78, 5) is 30.5. The number of carbonyl (C=O) groups is 2. The second kappa shape index (κ2) is 10.0. The smallest absolute Gasteiger partial charge is 0.246 e. The van der Waals surface area contributed by atoms with Gasteiger partial charge in [-0.2, -0.15) is 5.10 Å². The third kappa shape index (κ3) is 5.54. The summed E-state index contributed by atoms with van der Waals surface area (Å²) in [5.74, 6) is 0.150. The average Bonchev–Trinajstić information content (AvgIpc) is 3.23. The monoisotopic (exact) mass is 395 g/mol. The Kier molecular flexibility index (Phi) is 7.19. The molecular weight excluding hydrogens is 366 g/mol. The van der Waals surface area contributed by atoms with Crippen molar-refractivity contribution in [1.29, 1.82) is 0 Å². The van der Waals surface area contributed by atoms with Crippen molar-refractivity contribution < 1.29 is 9.59 Å². The summed E-state index contributed by atoms with van der Waals surface area (Å²) in [5.41, 5.74) is 1.86. The minimum absolute atomic E-state index is 0.00724. The van der Waals surface area contributed by atoms with Gasteiger partial charge in [0.2, 0.25) is 11.8 Å². The van der Waals surface area contributed by atoms with Crippen LogP contribution in [-0.4, -0.2) is 82.1 Å². The number of rotatable bonds is 7. The highest BCUT2D eigenvalue weighted by Crippen LogP contribution is 2.10. The van der Waals surface area contributed by atoms with E-state index in [-0.39, 0.29) is 11.8 Å². The Bertz CT molecular complexity index is 834. The lowest BCUT2D eigenvalue weighted by Crippen LogP contribution is -2.51. The quantitative estimate of drug-likeness (QED) is 0.672. The molecule has 1 saturated heterocycles. The van der Waals surface area contributed by atoms with Crippen molar-refractivity contribution >= 4 is 17.9 Å². The zero-order valence-electron chi connectivity index (χ0n) is 17.2. The Morgan fingerprint density at radius 2 is 1.76 bits per heavy atom. The molecule has 154 valence electrons. The van der Waals surface area contributed by atoms with Gasteiger partial charge in [0.25, 0.3) is 0 Å². The molecule has 0 atom stereocenters. The molecule has 2 aromatic rings. The maximum Gasteiger partial charge on any atom is 0.246 e. The molecule has 29 heavy (non-hydrogen) atoms. The van der Waals surface area contributed by atoms with Crippen molar-refractivity contribution in [1.82, 2.24) is 24.5 Å². The minimum atomic E-state index is -0.00724. The van der Waals surface area contributed by atoms with Gasteiger partial charge in [0.1, 0.15) is 0 Å². The Morgan fingerprint density at radius 3 is 2.41 bits per heavy atom. The van der Waals surface area contributed by atoms with Gasteiger partial charge in [-0.05, 0) is 32.1 Å². The minimum Gasteiger partial charge on any atom is -0.342 e. The predicted molar refractivity (Wildman–Crippen MR) is 114 cm³/mol. The van der Waals surface area contributed by atoms with Gasteiger partial charge in [0.05, 0.1) is 18.4 Å². The Balaban J connectivity index is 1.49. The van der Waals surface area contributed by atoms with Crippen molar-refractivity contribution in [2.75, 3.05) is 45.8 Å². The van der Waals surface area contributed by atoms with Gasteiger partial charge >= 0.3 is 0 Å². The van der Waals surface area contributed by atoms with E-state index in [0.717, 1.165) is 37.4 Å². The molecule has 1 aliphatic heterocycles. The Labute approximate surface area is 172 Å². The highest BCUT2D eigenvalue weighted by atomic mass is 16.2. The number of benzene rings is 1. The number of amides is 2. The molecule has 3 rings (SSSR count). The van der Waals surface area contributed by atoms with Gasteiger partial charge in [-0.15, -0.1) is 0 Å². The second-order valence-corrected chi connectivity index (χ2v) is 7.05. The van der Waals surface area contributed by atoms with Crippen LogP contribution in [-0.2, 0) is 9.59 Å². The Morgan fingerprint density at radius 1 is 1.07 bits per heavy atom. The summed E-state index contributed by atoms with van der Waals surface area (Å²) in [6.07, 6.45) is 7.04. The second-order valence-electron chi connectivity index (χ2n) is 7.05. The number of carbonyl (C=O) groups excluding carboxylic acids is 2. The SMILES string of the molecule is CCN(CC)C(=O)CN1CCN(C(=O)/C=C/c2cnn(-c3ccccc3)c2)CC1. The maximum atomic E-state index is 12.5. The molecule has 0 N–H and O–H groups in total. The number of nitrogens with zero attached hydrogens (tertiary/aromatic N) is 5. The largest absolute Gasteiger partial charge is 0.342 e. The van der Waals surface area contributed by atoms with Gasteiger partial charge < -0.3 is 9.80 Å². The fourth-order valence-electron chi connectivity index (χ4n) is 3.41. The van der Waals surface area contributed by atoms with Gasteiger partial charge in [-0.1, -0.05) is 18.2 Å². The summed E-state index contributed by atoms with van der Waals surface area (Å²) in [7, 11) is 0. The molecule has 1 aromatic heterocycles. The van der Waals surface area contributed by atoms with Crippen LogP contribution in [0.2, 0.25) is 0 Å². The number of hydrogen-bond donors (Lipinski definition) is 0. The number of piperazine rings is 1. The van der Waals surface area contributed by atoms with Gasteiger partial charge in [-0.25, -0.2) is 4.68 Å².